The maximum absolute atomic E-state index is 12.3. The highest BCUT2D eigenvalue weighted by Crippen LogP contribution is 2.30. The first-order valence-electron chi connectivity index (χ1n) is 9.63. The number of carbonyl (C=O) groups excluding carboxylic acids is 1. The molecule has 1 amide bonds. The molecule has 0 spiro atoms. The summed E-state index contributed by atoms with van der Waals surface area (Å²) in [5.74, 6) is -1.81. The second-order valence-electron chi connectivity index (χ2n) is 7.27. The molecule has 1 aromatic carbocycles. The molecule has 2 aliphatic heterocycles. The predicted molar refractivity (Wildman–Crippen MR) is 104 cm³/mol. The average Bonchev–Trinajstić information content (AvgIpc) is 2.68. The number of para-hydroxylation sites is 1. The third-order valence-corrected chi connectivity index (χ3v) is 5.28. The van der Waals surface area contributed by atoms with Gasteiger partial charge in [-0.25, -0.2) is 4.79 Å². The number of likely N-dealkylation sites (tertiary alicyclic amines) is 1. The zero-order chi connectivity index (χ0) is 20.1. The van der Waals surface area contributed by atoms with Crippen molar-refractivity contribution in [2.75, 3.05) is 32.7 Å². The van der Waals surface area contributed by atoms with Gasteiger partial charge in [0.25, 0.3) is 0 Å². The number of nitrogens with zero attached hydrogens (tertiary/aromatic N) is 1. The van der Waals surface area contributed by atoms with Gasteiger partial charge in [0.15, 0.2) is 0 Å². The molecule has 152 valence electrons. The van der Waals surface area contributed by atoms with Crippen molar-refractivity contribution in [1.29, 1.82) is 0 Å². The summed E-state index contributed by atoms with van der Waals surface area (Å²) in [5, 5.41) is 25.5. The lowest BCUT2D eigenvalue weighted by atomic mass is 9.72. The van der Waals surface area contributed by atoms with Crippen LogP contribution in [-0.2, 0) is 11.2 Å². The highest BCUT2D eigenvalue weighted by atomic mass is 16.5. The molecule has 2 aliphatic rings. The lowest BCUT2D eigenvalue weighted by Crippen LogP contribution is -2.55. The fourth-order valence-electron chi connectivity index (χ4n) is 3.75. The molecular formula is C18H27BN4O5. The second-order valence-corrected chi connectivity index (χ2v) is 7.27. The number of piperidine rings is 1. The molecule has 9 nitrogen and oxygen atoms in total. The summed E-state index contributed by atoms with van der Waals surface area (Å²) >= 11 is 0. The first-order valence-corrected chi connectivity index (χ1v) is 9.63. The molecule has 3 rings (SSSR count). The number of amides is 1. The van der Waals surface area contributed by atoms with E-state index in [1.54, 1.807) is 12.1 Å². The molecule has 0 radical (unpaired) electrons. The number of nitrogens with one attached hydrogen (secondary N) is 2. The van der Waals surface area contributed by atoms with Gasteiger partial charge in [-0.2, -0.15) is 0 Å². The Morgan fingerprint density at radius 2 is 2.07 bits per heavy atom. The third kappa shape index (κ3) is 5.02. The van der Waals surface area contributed by atoms with E-state index in [0.717, 1.165) is 32.5 Å². The maximum atomic E-state index is 12.3. The summed E-state index contributed by atoms with van der Waals surface area (Å²) < 4.78 is 5.39. The number of carboxylic acid groups (broad SMARTS) is 1. The Bertz CT molecular complexity index is 711. The van der Waals surface area contributed by atoms with E-state index in [9.17, 15) is 19.7 Å². The van der Waals surface area contributed by atoms with Gasteiger partial charge in [0.1, 0.15) is 5.75 Å². The van der Waals surface area contributed by atoms with Crippen LogP contribution in [0.4, 0.5) is 0 Å². The minimum Gasteiger partial charge on any atom is -0.534 e. The highest BCUT2D eigenvalue weighted by molar-refractivity contribution is 6.47. The van der Waals surface area contributed by atoms with Crippen molar-refractivity contribution in [2.45, 2.75) is 31.2 Å². The molecule has 0 aromatic heterocycles. The van der Waals surface area contributed by atoms with Gasteiger partial charge in [-0.15, -0.1) is 0 Å². The molecule has 1 atom stereocenters. The Balaban J connectivity index is 1.48. The molecule has 0 saturated carbocycles. The van der Waals surface area contributed by atoms with Crippen molar-refractivity contribution in [3.63, 3.8) is 0 Å². The van der Waals surface area contributed by atoms with Gasteiger partial charge in [-0.1, -0.05) is 12.1 Å². The summed E-state index contributed by atoms with van der Waals surface area (Å²) in [6, 6.07) is 5.07. The smallest absolute Gasteiger partial charge is 0.534 e. The molecule has 2 heterocycles. The van der Waals surface area contributed by atoms with Crippen molar-refractivity contribution in [1.82, 2.24) is 15.5 Å². The van der Waals surface area contributed by atoms with Gasteiger partial charge < -0.3 is 36.1 Å². The quantitative estimate of drug-likeness (QED) is 0.368. The number of carbonyl (C=O) groups is 2. The zero-order valence-corrected chi connectivity index (χ0v) is 15.8. The first kappa shape index (κ1) is 20.6. The largest absolute Gasteiger partial charge is 0.547 e. The Morgan fingerprint density at radius 1 is 1.32 bits per heavy atom. The van der Waals surface area contributed by atoms with Gasteiger partial charge in [0, 0.05) is 19.1 Å². The van der Waals surface area contributed by atoms with Gasteiger partial charge in [-0.3, -0.25) is 4.79 Å². The minimum absolute atomic E-state index is 0.00368. The Kier molecular flexibility index (Phi) is 6.90. The van der Waals surface area contributed by atoms with Crippen LogP contribution in [0.25, 0.3) is 0 Å². The van der Waals surface area contributed by atoms with Crippen LogP contribution in [-0.4, -0.2) is 78.7 Å². The summed E-state index contributed by atoms with van der Waals surface area (Å²) in [4.78, 5) is 25.9. The van der Waals surface area contributed by atoms with Gasteiger partial charge in [0.05, 0.1) is 18.0 Å². The zero-order valence-electron chi connectivity index (χ0n) is 15.8. The number of hydrogen-bond donors (Lipinski definition) is 5. The van der Waals surface area contributed by atoms with E-state index in [2.05, 4.69) is 15.5 Å². The van der Waals surface area contributed by atoms with E-state index < -0.39 is 19.0 Å². The Labute approximate surface area is 164 Å². The third-order valence-electron chi connectivity index (χ3n) is 5.28. The van der Waals surface area contributed by atoms with E-state index in [1.165, 1.54) is 6.07 Å². The van der Waals surface area contributed by atoms with Crippen LogP contribution in [0, 0.1) is 0 Å². The molecule has 10 heteroatoms. The average molecular weight is 390 g/mol. The van der Waals surface area contributed by atoms with Crippen molar-refractivity contribution in [3.05, 3.63) is 29.3 Å². The van der Waals surface area contributed by atoms with E-state index in [4.69, 9.17) is 10.4 Å². The molecule has 1 fully saturated rings. The molecule has 28 heavy (non-hydrogen) atoms. The molecule has 0 unspecified atom stereocenters. The summed E-state index contributed by atoms with van der Waals surface area (Å²) in [6.07, 6.45) is 2.24. The van der Waals surface area contributed by atoms with Crippen LogP contribution in [0.1, 0.15) is 28.8 Å². The number of rotatable bonds is 7. The molecular weight excluding hydrogens is 363 g/mol. The molecule has 1 saturated heterocycles. The fourth-order valence-corrected chi connectivity index (χ4v) is 3.75. The molecule has 0 bridgehead atoms. The van der Waals surface area contributed by atoms with Crippen molar-refractivity contribution in [2.24, 2.45) is 5.73 Å². The van der Waals surface area contributed by atoms with Crippen LogP contribution in [0.2, 0.25) is 0 Å². The Hall–Kier alpha value is -2.14. The van der Waals surface area contributed by atoms with Gasteiger partial charge in [0.2, 0.25) is 5.91 Å². The first-order chi connectivity index (χ1) is 13.5. The molecule has 1 aromatic rings. The number of hydrogen-bond acceptors (Lipinski definition) is 7. The van der Waals surface area contributed by atoms with Gasteiger partial charge in [-0.05, 0) is 44.0 Å². The van der Waals surface area contributed by atoms with Crippen molar-refractivity contribution < 1.29 is 24.4 Å². The molecule has 0 aliphatic carbocycles. The summed E-state index contributed by atoms with van der Waals surface area (Å²) in [6.45, 7) is 3.65. The van der Waals surface area contributed by atoms with Gasteiger partial charge >= 0.3 is 13.1 Å². The summed E-state index contributed by atoms with van der Waals surface area (Å²) in [5.41, 5.74) is 6.23. The Morgan fingerprint density at radius 3 is 2.75 bits per heavy atom. The SMILES string of the molecule is NCCN1CCC(NCC(=O)N[C@H]2Cc3cccc(C(=O)O)c3OB2O)CC1. The fraction of sp³-hybridized carbons (Fsp3) is 0.556. The molecule has 6 N–H and O–H groups in total. The van der Waals surface area contributed by atoms with Crippen LogP contribution in [0.5, 0.6) is 5.75 Å². The van der Waals surface area contributed by atoms with Crippen LogP contribution in [0.3, 0.4) is 0 Å². The maximum Gasteiger partial charge on any atom is 0.547 e. The van der Waals surface area contributed by atoms with Crippen molar-refractivity contribution >= 4 is 19.0 Å². The monoisotopic (exact) mass is 390 g/mol. The lowest BCUT2D eigenvalue weighted by Gasteiger charge is -2.32. The van der Waals surface area contributed by atoms with E-state index >= 15 is 0 Å². The highest BCUT2D eigenvalue weighted by Gasteiger charge is 2.37. The van der Waals surface area contributed by atoms with Crippen LogP contribution >= 0.6 is 0 Å². The lowest BCUT2D eigenvalue weighted by molar-refractivity contribution is -0.120. The predicted octanol–water partition coefficient (Wildman–Crippen LogP) is -1.16. The van der Waals surface area contributed by atoms with Crippen LogP contribution in [0.15, 0.2) is 18.2 Å². The number of carboxylic acids is 1. The van der Waals surface area contributed by atoms with E-state index in [1.807, 2.05) is 0 Å². The summed E-state index contributed by atoms with van der Waals surface area (Å²) in [7, 11) is -1.29. The van der Waals surface area contributed by atoms with E-state index in [0.29, 0.717) is 18.5 Å². The number of aromatic carboxylic acids is 1. The number of nitrogens with two attached hydrogens (primary N) is 1. The number of benzene rings is 1. The second kappa shape index (κ2) is 9.38. The normalized spacial score (nSPS) is 20.4. The van der Waals surface area contributed by atoms with E-state index in [-0.39, 0.29) is 29.8 Å². The van der Waals surface area contributed by atoms with Crippen molar-refractivity contribution in [3.8, 4) is 5.75 Å². The van der Waals surface area contributed by atoms with Crippen LogP contribution < -0.4 is 21.0 Å². The minimum atomic E-state index is -1.29. The number of fused-ring (bicyclic) bond motifs is 1. The topological polar surface area (TPSA) is 137 Å². The standard InChI is InChI=1S/C18H27BN4O5/c20-6-9-23-7-4-13(5-8-23)21-11-16(24)22-15-10-12-2-1-3-14(18(25)26)17(12)28-19(15)27/h1-3,13,15,21,27H,4-11,20H2,(H,22,24)(H,25,26)/t15-/m0/s1.